The molecule has 0 rings (SSSR count). The Bertz CT molecular complexity index is 311. The summed E-state index contributed by atoms with van der Waals surface area (Å²) in [6.45, 7) is 11.0. The van der Waals surface area contributed by atoms with Gasteiger partial charge in [0.1, 0.15) is 6.10 Å². The molecule has 0 fully saturated rings. The van der Waals surface area contributed by atoms with Crippen LogP contribution in [0.15, 0.2) is 25.3 Å². The fourth-order valence-corrected chi connectivity index (χ4v) is 1.13. The van der Waals surface area contributed by atoms with Crippen molar-refractivity contribution in [2.24, 2.45) is 0 Å². The van der Waals surface area contributed by atoms with E-state index < -0.39 is 18.0 Å². The third-order valence-corrected chi connectivity index (χ3v) is 2.44. The van der Waals surface area contributed by atoms with Gasteiger partial charge in [-0.1, -0.05) is 20.1 Å². The zero-order valence-corrected chi connectivity index (χ0v) is 11.6. The Morgan fingerprint density at radius 2 is 1.84 bits per heavy atom. The molecule has 0 amide bonds. The maximum absolute atomic E-state index is 11.2. The zero-order chi connectivity index (χ0) is 14.7. The van der Waals surface area contributed by atoms with Crippen molar-refractivity contribution in [2.45, 2.75) is 38.9 Å². The van der Waals surface area contributed by atoms with Crippen molar-refractivity contribution in [3.8, 4) is 0 Å². The summed E-state index contributed by atoms with van der Waals surface area (Å²) in [4.78, 5) is 22.1. The Morgan fingerprint density at radius 1 is 1.21 bits per heavy atom. The molecule has 108 valence electrons. The molecule has 2 atom stereocenters. The van der Waals surface area contributed by atoms with E-state index in [0.717, 1.165) is 18.6 Å². The van der Waals surface area contributed by atoms with Crippen LogP contribution >= 0.6 is 0 Å². The van der Waals surface area contributed by atoms with Crippen LogP contribution in [0, 0.1) is 0 Å². The van der Waals surface area contributed by atoms with Crippen molar-refractivity contribution in [1.82, 2.24) is 0 Å². The topological polar surface area (TPSA) is 61.8 Å². The van der Waals surface area contributed by atoms with Gasteiger partial charge in [0, 0.05) is 18.6 Å². The monoisotopic (exact) mass is 270 g/mol. The molecule has 0 aliphatic heterocycles. The van der Waals surface area contributed by atoms with Crippen LogP contribution < -0.4 is 0 Å². The van der Waals surface area contributed by atoms with Crippen LogP contribution in [-0.4, -0.2) is 37.4 Å². The van der Waals surface area contributed by atoms with E-state index in [1.807, 2.05) is 13.8 Å². The number of carbonyl (C=O) groups is 2. The molecule has 0 radical (unpaired) electrons. The second kappa shape index (κ2) is 10.3. The maximum atomic E-state index is 11.2. The van der Waals surface area contributed by atoms with Gasteiger partial charge in [-0.05, 0) is 13.3 Å². The Hall–Kier alpha value is -1.62. The minimum Gasteiger partial charge on any atom is -0.462 e. The predicted molar refractivity (Wildman–Crippen MR) is 71.6 cm³/mol. The first kappa shape index (κ1) is 17.4. The Labute approximate surface area is 114 Å². The summed E-state index contributed by atoms with van der Waals surface area (Å²) in [7, 11) is 0. The molecule has 0 N–H and O–H groups in total. The Morgan fingerprint density at radius 3 is 2.37 bits per heavy atom. The van der Waals surface area contributed by atoms with E-state index in [4.69, 9.17) is 14.2 Å². The highest BCUT2D eigenvalue weighted by molar-refractivity contribution is 5.81. The van der Waals surface area contributed by atoms with Crippen LogP contribution in [0.4, 0.5) is 0 Å². The molecular weight excluding hydrogens is 248 g/mol. The van der Waals surface area contributed by atoms with Gasteiger partial charge in [-0.3, -0.25) is 0 Å². The first-order valence-corrected chi connectivity index (χ1v) is 6.27. The molecule has 19 heavy (non-hydrogen) atoms. The fraction of sp³-hybridized carbons (Fsp3) is 0.571. The summed E-state index contributed by atoms with van der Waals surface area (Å²) in [5, 5.41) is 0. The summed E-state index contributed by atoms with van der Waals surface area (Å²) in [5.74, 6) is -1.02. The molecule has 5 nitrogen and oxygen atoms in total. The van der Waals surface area contributed by atoms with Gasteiger partial charge in [-0.15, -0.1) is 0 Å². The van der Waals surface area contributed by atoms with E-state index >= 15 is 0 Å². The number of carbonyl (C=O) groups excluding carboxylic acids is 2. The molecule has 0 aliphatic carbocycles. The Kier molecular flexibility index (Phi) is 9.44. The molecule has 0 heterocycles. The second-order valence-electron chi connectivity index (χ2n) is 3.98. The number of hydrogen-bond donors (Lipinski definition) is 0. The quantitative estimate of drug-likeness (QED) is 0.449. The average molecular weight is 270 g/mol. The molecule has 0 aromatic carbocycles. The van der Waals surface area contributed by atoms with Gasteiger partial charge in [-0.2, -0.15) is 0 Å². The third kappa shape index (κ3) is 9.02. The van der Waals surface area contributed by atoms with Crippen molar-refractivity contribution < 1.29 is 23.8 Å². The maximum Gasteiger partial charge on any atom is 0.330 e. The SMILES string of the molecule is C=CC(=O)OCCC(COC(C)CC)OC(=O)C=C. The molecule has 0 saturated carbocycles. The van der Waals surface area contributed by atoms with Gasteiger partial charge >= 0.3 is 11.9 Å². The molecule has 2 unspecified atom stereocenters. The highest BCUT2D eigenvalue weighted by Gasteiger charge is 2.15. The van der Waals surface area contributed by atoms with Crippen molar-refractivity contribution in [3.63, 3.8) is 0 Å². The zero-order valence-electron chi connectivity index (χ0n) is 11.6. The van der Waals surface area contributed by atoms with Crippen molar-refractivity contribution in [2.75, 3.05) is 13.2 Å². The molecule has 5 heteroatoms. The fourth-order valence-electron chi connectivity index (χ4n) is 1.13. The second-order valence-corrected chi connectivity index (χ2v) is 3.98. The Balaban J connectivity index is 4.16. The van der Waals surface area contributed by atoms with Crippen molar-refractivity contribution in [1.29, 1.82) is 0 Å². The number of esters is 2. The first-order valence-electron chi connectivity index (χ1n) is 6.27. The molecule has 0 aromatic rings. The normalized spacial score (nSPS) is 13.2. The van der Waals surface area contributed by atoms with E-state index in [-0.39, 0.29) is 19.3 Å². The molecule has 0 saturated heterocycles. The van der Waals surface area contributed by atoms with Gasteiger partial charge in [0.25, 0.3) is 0 Å². The van der Waals surface area contributed by atoms with Crippen LogP contribution in [0.3, 0.4) is 0 Å². The number of rotatable bonds is 10. The number of hydrogen-bond acceptors (Lipinski definition) is 5. The van der Waals surface area contributed by atoms with E-state index in [9.17, 15) is 9.59 Å². The van der Waals surface area contributed by atoms with E-state index in [0.29, 0.717) is 6.42 Å². The molecule has 0 bridgehead atoms. The van der Waals surface area contributed by atoms with Crippen LogP contribution in [0.5, 0.6) is 0 Å². The predicted octanol–water partition coefficient (Wildman–Crippen LogP) is 2.02. The molecule has 0 aliphatic rings. The van der Waals surface area contributed by atoms with E-state index in [1.54, 1.807) is 0 Å². The summed E-state index contributed by atoms with van der Waals surface area (Å²) in [6, 6.07) is 0. The molecule has 0 aromatic heterocycles. The van der Waals surface area contributed by atoms with E-state index in [2.05, 4.69) is 13.2 Å². The lowest BCUT2D eigenvalue weighted by atomic mass is 10.2. The minimum atomic E-state index is -0.521. The van der Waals surface area contributed by atoms with Gasteiger partial charge in [0.2, 0.25) is 0 Å². The van der Waals surface area contributed by atoms with Crippen LogP contribution in [0.1, 0.15) is 26.7 Å². The summed E-state index contributed by atoms with van der Waals surface area (Å²) >= 11 is 0. The highest BCUT2D eigenvalue weighted by Crippen LogP contribution is 2.05. The lowest BCUT2D eigenvalue weighted by molar-refractivity contribution is -0.149. The van der Waals surface area contributed by atoms with Crippen LogP contribution in [-0.2, 0) is 23.8 Å². The summed E-state index contributed by atoms with van der Waals surface area (Å²) in [6.07, 6.45) is 3.04. The highest BCUT2D eigenvalue weighted by atomic mass is 16.6. The van der Waals surface area contributed by atoms with Crippen molar-refractivity contribution >= 4 is 11.9 Å². The molecular formula is C14H22O5. The third-order valence-electron chi connectivity index (χ3n) is 2.44. The van der Waals surface area contributed by atoms with Gasteiger partial charge < -0.3 is 14.2 Å². The summed E-state index contributed by atoms with van der Waals surface area (Å²) < 4.78 is 15.5. The average Bonchev–Trinajstić information content (AvgIpc) is 2.43. The lowest BCUT2D eigenvalue weighted by Gasteiger charge is -2.19. The lowest BCUT2D eigenvalue weighted by Crippen LogP contribution is -2.27. The van der Waals surface area contributed by atoms with Crippen LogP contribution in [0.2, 0.25) is 0 Å². The summed E-state index contributed by atoms with van der Waals surface area (Å²) in [5.41, 5.74) is 0. The van der Waals surface area contributed by atoms with Gasteiger partial charge in [-0.25, -0.2) is 9.59 Å². The van der Waals surface area contributed by atoms with Gasteiger partial charge in [0.05, 0.1) is 19.3 Å². The van der Waals surface area contributed by atoms with Crippen LogP contribution in [0.25, 0.3) is 0 Å². The van der Waals surface area contributed by atoms with Crippen molar-refractivity contribution in [3.05, 3.63) is 25.3 Å². The first-order chi connectivity index (χ1) is 9.03. The van der Waals surface area contributed by atoms with E-state index in [1.165, 1.54) is 0 Å². The minimum absolute atomic E-state index is 0.0839. The largest absolute Gasteiger partial charge is 0.462 e. The number of ether oxygens (including phenoxy) is 3. The van der Waals surface area contributed by atoms with Gasteiger partial charge in [0.15, 0.2) is 0 Å². The smallest absolute Gasteiger partial charge is 0.330 e. The standard InChI is InChI=1S/C14H22O5/c1-5-11(4)18-10-12(19-14(16)7-3)8-9-17-13(15)6-2/h6-7,11-12H,2-3,5,8-10H2,1,4H3. The molecule has 0 spiro atoms.